The minimum absolute atomic E-state index is 0.257. The highest BCUT2D eigenvalue weighted by atomic mass is 16.7. The molecule has 0 aliphatic carbocycles. The maximum Gasteiger partial charge on any atom is 0.231 e. The van der Waals surface area contributed by atoms with Gasteiger partial charge in [-0.3, -0.25) is 0 Å². The van der Waals surface area contributed by atoms with Gasteiger partial charge in [0.15, 0.2) is 23.1 Å². The smallest absolute Gasteiger partial charge is 0.231 e. The van der Waals surface area contributed by atoms with Crippen molar-refractivity contribution in [2.45, 2.75) is 13.5 Å². The lowest BCUT2D eigenvalue weighted by Crippen LogP contribution is -2.08. The molecule has 2 aromatic heterocycles. The zero-order chi connectivity index (χ0) is 17.9. The molecule has 0 bridgehead atoms. The summed E-state index contributed by atoms with van der Waals surface area (Å²) in [5.41, 5.74) is 8.56. The predicted octanol–water partition coefficient (Wildman–Crippen LogP) is 2.85. The molecule has 1 aliphatic heterocycles. The molecule has 0 fully saturated rings. The number of nitrogens with zero attached hydrogens (tertiary/aromatic N) is 3. The minimum Gasteiger partial charge on any atom is -0.454 e. The number of fused-ring (bicyclic) bond motifs is 1. The van der Waals surface area contributed by atoms with E-state index in [1.165, 1.54) is 6.33 Å². The van der Waals surface area contributed by atoms with Gasteiger partial charge in [-0.15, -0.1) is 0 Å². The standard InChI is InChI=1S/C18H18N6O2/c1-11-3-2-4-15(23-11)24-18-16(19)17(21-9-22-18)20-8-12-5-6-13-14(7-12)26-10-25-13/h2-7,9H,8,10,19H2,1H3,(H2,20,21,22,23,24). The fourth-order valence-corrected chi connectivity index (χ4v) is 2.61. The average Bonchev–Trinajstić information content (AvgIpc) is 3.10. The summed E-state index contributed by atoms with van der Waals surface area (Å²) in [5, 5.41) is 6.35. The van der Waals surface area contributed by atoms with E-state index >= 15 is 0 Å². The molecule has 0 atom stereocenters. The van der Waals surface area contributed by atoms with E-state index in [4.69, 9.17) is 15.2 Å². The molecule has 132 valence electrons. The first-order valence-corrected chi connectivity index (χ1v) is 8.12. The number of benzene rings is 1. The fourth-order valence-electron chi connectivity index (χ4n) is 2.61. The van der Waals surface area contributed by atoms with Crippen molar-refractivity contribution in [1.82, 2.24) is 15.0 Å². The third kappa shape index (κ3) is 3.30. The lowest BCUT2D eigenvalue weighted by atomic mass is 10.2. The van der Waals surface area contributed by atoms with Crippen LogP contribution in [0.2, 0.25) is 0 Å². The zero-order valence-corrected chi connectivity index (χ0v) is 14.2. The third-order valence-electron chi connectivity index (χ3n) is 3.92. The lowest BCUT2D eigenvalue weighted by molar-refractivity contribution is 0.174. The molecule has 8 nitrogen and oxygen atoms in total. The van der Waals surface area contributed by atoms with E-state index in [9.17, 15) is 0 Å². The second-order valence-electron chi connectivity index (χ2n) is 5.81. The second kappa shape index (κ2) is 6.75. The van der Waals surface area contributed by atoms with Gasteiger partial charge in [-0.2, -0.15) is 0 Å². The average molecular weight is 350 g/mol. The monoisotopic (exact) mass is 350 g/mol. The lowest BCUT2D eigenvalue weighted by Gasteiger charge is -2.12. The van der Waals surface area contributed by atoms with Crippen LogP contribution in [0.3, 0.4) is 0 Å². The number of ether oxygens (including phenoxy) is 2. The van der Waals surface area contributed by atoms with Crippen molar-refractivity contribution in [1.29, 1.82) is 0 Å². The number of nitrogens with two attached hydrogens (primary N) is 1. The fraction of sp³-hybridized carbons (Fsp3) is 0.167. The Balaban J connectivity index is 1.49. The molecule has 0 radical (unpaired) electrons. The molecule has 0 spiro atoms. The quantitative estimate of drug-likeness (QED) is 0.645. The van der Waals surface area contributed by atoms with Crippen molar-refractivity contribution >= 4 is 23.1 Å². The Kier molecular flexibility index (Phi) is 4.14. The van der Waals surface area contributed by atoms with Gasteiger partial charge in [0.1, 0.15) is 17.8 Å². The summed E-state index contributed by atoms with van der Waals surface area (Å²) >= 11 is 0. The van der Waals surface area contributed by atoms with Crippen LogP contribution in [0.25, 0.3) is 0 Å². The summed E-state index contributed by atoms with van der Waals surface area (Å²) in [7, 11) is 0. The van der Waals surface area contributed by atoms with Gasteiger partial charge in [0.05, 0.1) is 0 Å². The second-order valence-corrected chi connectivity index (χ2v) is 5.81. The number of nitrogens with one attached hydrogen (secondary N) is 2. The van der Waals surface area contributed by atoms with E-state index in [1.54, 1.807) is 0 Å². The Labute approximate surface area is 150 Å². The van der Waals surface area contributed by atoms with Crippen LogP contribution in [0.4, 0.5) is 23.1 Å². The van der Waals surface area contributed by atoms with Crippen LogP contribution in [-0.4, -0.2) is 21.7 Å². The Morgan fingerprint density at radius 1 is 1.08 bits per heavy atom. The molecule has 0 saturated carbocycles. The number of aryl methyl sites for hydroxylation is 1. The molecule has 3 heterocycles. The van der Waals surface area contributed by atoms with E-state index in [0.29, 0.717) is 29.7 Å². The van der Waals surface area contributed by atoms with Crippen molar-refractivity contribution in [3.8, 4) is 11.5 Å². The van der Waals surface area contributed by atoms with Crippen molar-refractivity contribution in [3.05, 3.63) is 54.0 Å². The third-order valence-corrected chi connectivity index (χ3v) is 3.92. The maximum atomic E-state index is 6.20. The highest BCUT2D eigenvalue weighted by Crippen LogP contribution is 2.33. The molecule has 1 aromatic carbocycles. The van der Waals surface area contributed by atoms with Crippen LogP contribution in [-0.2, 0) is 6.54 Å². The number of rotatable bonds is 5. The Morgan fingerprint density at radius 2 is 1.92 bits per heavy atom. The van der Waals surface area contributed by atoms with Crippen LogP contribution < -0.4 is 25.8 Å². The highest BCUT2D eigenvalue weighted by molar-refractivity contribution is 5.76. The molecule has 8 heteroatoms. The van der Waals surface area contributed by atoms with Crippen molar-refractivity contribution in [2.75, 3.05) is 23.2 Å². The van der Waals surface area contributed by atoms with Gasteiger partial charge < -0.3 is 25.8 Å². The van der Waals surface area contributed by atoms with Gasteiger partial charge in [-0.05, 0) is 36.8 Å². The topological polar surface area (TPSA) is 107 Å². The summed E-state index contributed by atoms with van der Waals surface area (Å²) < 4.78 is 10.7. The number of anilines is 4. The van der Waals surface area contributed by atoms with E-state index < -0.39 is 0 Å². The van der Waals surface area contributed by atoms with Gasteiger partial charge in [0, 0.05) is 12.2 Å². The molecular formula is C18H18N6O2. The van der Waals surface area contributed by atoms with Crippen LogP contribution in [0.15, 0.2) is 42.7 Å². The Hall–Kier alpha value is -3.55. The molecule has 0 unspecified atom stereocenters. The van der Waals surface area contributed by atoms with E-state index in [0.717, 1.165) is 22.8 Å². The number of nitrogen functional groups attached to an aromatic ring is 1. The predicted molar refractivity (Wildman–Crippen MR) is 98.6 cm³/mol. The molecule has 4 rings (SSSR count). The summed E-state index contributed by atoms with van der Waals surface area (Å²) in [5.74, 6) is 3.23. The van der Waals surface area contributed by atoms with Gasteiger partial charge in [-0.25, -0.2) is 15.0 Å². The highest BCUT2D eigenvalue weighted by Gasteiger charge is 2.14. The van der Waals surface area contributed by atoms with Gasteiger partial charge >= 0.3 is 0 Å². The number of pyridine rings is 1. The van der Waals surface area contributed by atoms with Crippen LogP contribution in [0, 0.1) is 6.92 Å². The Bertz CT molecular complexity index is 947. The molecule has 26 heavy (non-hydrogen) atoms. The normalized spacial score (nSPS) is 12.0. The Morgan fingerprint density at radius 3 is 2.81 bits per heavy atom. The van der Waals surface area contributed by atoms with Crippen LogP contribution in [0.1, 0.15) is 11.3 Å². The molecule has 0 amide bonds. The van der Waals surface area contributed by atoms with E-state index in [1.807, 2.05) is 43.3 Å². The van der Waals surface area contributed by atoms with Gasteiger partial charge in [0.2, 0.25) is 6.79 Å². The first-order chi connectivity index (χ1) is 12.7. The molecule has 1 aliphatic rings. The van der Waals surface area contributed by atoms with Crippen molar-refractivity contribution < 1.29 is 9.47 Å². The molecule has 4 N–H and O–H groups in total. The summed E-state index contributed by atoms with van der Waals surface area (Å²) in [6.45, 7) is 2.72. The zero-order valence-electron chi connectivity index (χ0n) is 14.2. The number of hydrogen-bond donors (Lipinski definition) is 3. The minimum atomic E-state index is 0.257. The van der Waals surface area contributed by atoms with Crippen molar-refractivity contribution in [2.24, 2.45) is 0 Å². The molecule has 0 saturated heterocycles. The maximum absolute atomic E-state index is 6.20. The summed E-state index contributed by atoms with van der Waals surface area (Å²) in [6.07, 6.45) is 1.45. The summed E-state index contributed by atoms with van der Waals surface area (Å²) in [4.78, 5) is 12.8. The van der Waals surface area contributed by atoms with Gasteiger partial charge in [-0.1, -0.05) is 12.1 Å². The first-order valence-electron chi connectivity index (χ1n) is 8.12. The van der Waals surface area contributed by atoms with E-state index in [-0.39, 0.29) is 6.79 Å². The van der Waals surface area contributed by atoms with E-state index in [2.05, 4.69) is 25.6 Å². The van der Waals surface area contributed by atoms with Crippen LogP contribution in [0.5, 0.6) is 11.5 Å². The SMILES string of the molecule is Cc1cccc(Nc2ncnc(NCc3ccc4c(c3)OCO4)c2N)n1. The van der Waals surface area contributed by atoms with Crippen LogP contribution >= 0.6 is 0 Å². The largest absolute Gasteiger partial charge is 0.454 e. The molecule has 3 aromatic rings. The first kappa shape index (κ1) is 15.9. The molecular weight excluding hydrogens is 332 g/mol. The van der Waals surface area contributed by atoms with Crippen molar-refractivity contribution in [3.63, 3.8) is 0 Å². The number of aromatic nitrogens is 3. The van der Waals surface area contributed by atoms with Gasteiger partial charge in [0.25, 0.3) is 0 Å². The summed E-state index contributed by atoms with van der Waals surface area (Å²) in [6, 6.07) is 11.5. The number of hydrogen-bond acceptors (Lipinski definition) is 8.